The van der Waals surface area contributed by atoms with Gasteiger partial charge in [-0.1, -0.05) is 23.2 Å². The summed E-state index contributed by atoms with van der Waals surface area (Å²) in [6.07, 6.45) is -14.0. The normalized spacial score (nSPS) is 48.7. The molecule has 148 valence electrons. The molecule has 0 bridgehead atoms. The van der Waals surface area contributed by atoms with Crippen molar-refractivity contribution in [1.82, 2.24) is 0 Å². The van der Waals surface area contributed by atoms with Crippen LogP contribution in [0.15, 0.2) is 0 Å². The van der Waals surface area contributed by atoms with Crippen LogP contribution in [-0.4, -0.2) is 113 Å². The van der Waals surface area contributed by atoms with Gasteiger partial charge in [0, 0.05) is 0 Å². The van der Waals surface area contributed by atoms with E-state index in [4.69, 9.17) is 47.6 Å². The van der Waals surface area contributed by atoms with E-state index < -0.39 is 72.5 Å². The standard InChI is InChI=1S/C12H20Cl2O11/c13-12(14,22)11(9(21)6(18)4(2-16)24-11)25-10-8(20)7(19)5(17)3(1-15)23-10/h3-10,15-22H,1-2H2/t3-,4-,5-,6-,7+,8-,9+,10-,11-/m1/s1. The van der Waals surface area contributed by atoms with Gasteiger partial charge in [-0.25, -0.2) is 0 Å². The van der Waals surface area contributed by atoms with Crippen molar-refractivity contribution >= 4 is 23.2 Å². The Morgan fingerprint density at radius 1 is 0.880 bits per heavy atom. The summed E-state index contributed by atoms with van der Waals surface area (Å²) in [4.78, 5) is 0. The summed E-state index contributed by atoms with van der Waals surface area (Å²) in [7, 11) is 0. The van der Waals surface area contributed by atoms with E-state index in [0.29, 0.717) is 0 Å². The van der Waals surface area contributed by atoms with Gasteiger partial charge in [0.25, 0.3) is 10.3 Å². The number of rotatable bonds is 5. The summed E-state index contributed by atoms with van der Waals surface area (Å²) < 4.78 is 12.3. The Balaban J connectivity index is 2.32. The molecule has 2 rings (SSSR count). The van der Waals surface area contributed by atoms with Gasteiger partial charge in [-0.3, -0.25) is 0 Å². The van der Waals surface area contributed by atoms with Crippen LogP contribution in [-0.2, 0) is 14.2 Å². The van der Waals surface area contributed by atoms with Crippen LogP contribution >= 0.6 is 23.2 Å². The molecule has 13 heteroatoms. The van der Waals surface area contributed by atoms with Gasteiger partial charge >= 0.3 is 0 Å². The van der Waals surface area contributed by atoms with E-state index in [2.05, 4.69) is 0 Å². The molecule has 2 aliphatic rings. The van der Waals surface area contributed by atoms with E-state index in [-0.39, 0.29) is 0 Å². The van der Waals surface area contributed by atoms with Gasteiger partial charge in [0.2, 0.25) is 0 Å². The quantitative estimate of drug-likeness (QED) is 0.205. The maximum absolute atomic E-state index is 10.2. The van der Waals surface area contributed by atoms with Crippen molar-refractivity contribution in [1.29, 1.82) is 0 Å². The highest BCUT2D eigenvalue weighted by molar-refractivity contribution is 6.47. The van der Waals surface area contributed by atoms with E-state index in [1.54, 1.807) is 0 Å². The predicted octanol–water partition coefficient (Wildman–Crippen LogP) is -4.26. The lowest BCUT2D eigenvalue weighted by molar-refractivity contribution is -0.393. The Labute approximate surface area is 151 Å². The second-order valence-corrected chi connectivity index (χ2v) is 7.09. The lowest BCUT2D eigenvalue weighted by atomic mass is 9.99. The van der Waals surface area contributed by atoms with E-state index in [1.165, 1.54) is 0 Å². The van der Waals surface area contributed by atoms with Gasteiger partial charge in [0.15, 0.2) is 6.29 Å². The minimum atomic E-state index is -3.00. The van der Waals surface area contributed by atoms with E-state index >= 15 is 0 Å². The molecule has 0 aromatic carbocycles. The van der Waals surface area contributed by atoms with Crippen molar-refractivity contribution in [3.8, 4) is 0 Å². The highest BCUT2D eigenvalue weighted by Crippen LogP contribution is 2.46. The third kappa shape index (κ3) is 3.62. The molecule has 2 aliphatic heterocycles. The smallest absolute Gasteiger partial charge is 0.273 e. The van der Waals surface area contributed by atoms with Gasteiger partial charge in [-0.05, 0) is 0 Å². The molecule has 0 aromatic rings. The molecule has 25 heavy (non-hydrogen) atoms. The third-order valence-corrected chi connectivity index (χ3v) is 4.69. The number of halogens is 2. The molecule has 0 unspecified atom stereocenters. The Kier molecular flexibility index (Phi) is 6.55. The summed E-state index contributed by atoms with van der Waals surface area (Å²) in [5.74, 6) is -2.80. The average Bonchev–Trinajstić information content (AvgIpc) is 2.80. The van der Waals surface area contributed by atoms with Gasteiger partial charge in [0.05, 0.1) is 13.2 Å². The average molecular weight is 411 g/mol. The molecule has 2 saturated heterocycles. The Morgan fingerprint density at radius 3 is 1.88 bits per heavy atom. The van der Waals surface area contributed by atoms with E-state index in [1.807, 2.05) is 0 Å². The highest BCUT2D eigenvalue weighted by atomic mass is 35.5. The van der Waals surface area contributed by atoms with Crippen LogP contribution in [0.2, 0.25) is 0 Å². The molecule has 8 N–H and O–H groups in total. The van der Waals surface area contributed by atoms with Crippen molar-refractivity contribution in [3.63, 3.8) is 0 Å². The van der Waals surface area contributed by atoms with E-state index in [9.17, 15) is 30.6 Å². The zero-order chi connectivity index (χ0) is 19.2. The number of alkyl halides is 2. The number of hydrogen-bond donors (Lipinski definition) is 8. The molecule has 9 atom stereocenters. The zero-order valence-corrected chi connectivity index (χ0v) is 14.1. The molecule has 0 radical (unpaired) electrons. The van der Waals surface area contributed by atoms with Gasteiger partial charge < -0.3 is 55.1 Å². The first kappa shape index (κ1) is 21.4. The topological polar surface area (TPSA) is 190 Å². The van der Waals surface area contributed by atoms with Crippen molar-refractivity contribution in [2.75, 3.05) is 13.2 Å². The Hall–Kier alpha value is 0.140. The van der Waals surface area contributed by atoms with Gasteiger partial charge in [0.1, 0.15) is 42.7 Å². The maximum atomic E-state index is 10.2. The Bertz CT molecular complexity index is 461. The monoisotopic (exact) mass is 410 g/mol. The molecule has 2 fully saturated rings. The summed E-state index contributed by atoms with van der Waals surface area (Å²) in [5, 5.41) is 77.8. The number of hydrogen-bond acceptors (Lipinski definition) is 11. The van der Waals surface area contributed by atoms with Gasteiger partial charge in [-0.2, -0.15) is 0 Å². The first-order valence-corrected chi connectivity index (χ1v) is 7.99. The number of aliphatic hydroxyl groups is 8. The first-order chi connectivity index (χ1) is 11.5. The summed E-state index contributed by atoms with van der Waals surface area (Å²) in [5.41, 5.74) is 0. The van der Waals surface area contributed by atoms with Crippen LogP contribution in [0.4, 0.5) is 0 Å². The molecular weight excluding hydrogens is 391 g/mol. The summed E-state index contributed by atoms with van der Waals surface area (Å²) in [6.45, 7) is -1.57. The van der Waals surface area contributed by atoms with Crippen LogP contribution in [0.5, 0.6) is 0 Å². The van der Waals surface area contributed by atoms with Crippen molar-refractivity contribution in [2.45, 2.75) is 59.3 Å². The molecule has 0 aromatic heterocycles. The lowest BCUT2D eigenvalue weighted by Crippen LogP contribution is -2.65. The third-order valence-electron chi connectivity index (χ3n) is 4.16. The molecule has 11 nitrogen and oxygen atoms in total. The van der Waals surface area contributed by atoms with Gasteiger partial charge in [-0.15, -0.1) is 0 Å². The second-order valence-electron chi connectivity index (χ2n) is 5.80. The molecular formula is C12H20Cl2O11. The highest BCUT2D eigenvalue weighted by Gasteiger charge is 2.67. The van der Waals surface area contributed by atoms with Crippen LogP contribution in [0, 0.1) is 0 Å². The van der Waals surface area contributed by atoms with Crippen LogP contribution in [0.3, 0.4) is 0 Å². The minimum Gasteiger partial charge on any atom is -0.394 e. The van der Waals surface area contributed by atoms with Crippen LogP contribution in [0.25, 0.3) is 0 Å². The fourth-order valence-corrected chi connectivity index (χ4v) is 3.09. The number of ether oxygens (including phenoxy) is 3. The summed E-state index contributed by atoms with van der Waals surface area (Å²) >= 11 is 11.2. The van der Waals surface area contributed by atoms with Crippen LogP contribution in [0.1, 0.15) is 0 Å². The summed E-state index contributed by atoms with van der Waals surface area (Å²) in [6, 6.07) is 0. The van der Waals surface area contributed by atoms with Crippen molar-refractivity contribution < 1.29 is 55.1 Å². The maximum Gasteiger partial charge on any atom is 0.273 e. The lowest BCUT2D eigenvalue weighted by Gasteiger charge is -2.45. The fourth-order valence-electron chi connectivity index (χ4n) is 2.69. The zero-order valence-electron chi connectivity index (χ0n) is 12.6. The number of aliphatic hydroxyl groups excluding tert-OH is 7. The van der Waals surface area contributed by atoms with Crippen molar-refractivity contribution in [3.05, 3.63) is 0 Å². The largest absolute Gasteiger partial charge is 0.394 e. The predicted molar refractivity (Wildman–Crippen MR) is 78.2 cm³/mol. The molecule has 0 saturated carbocycles. The Morgan fingerprint density at radius 2 is 1.44 bits per heavy atom. The van der Waals surface area contributed by atoms with Crippen molar-refractivity contribution in [2.24, 2.45) is 0 Å². The molecule has 0 aliphatic carbocycles. The molecule has 2 heterocycles. The fraction of sp³-hybridized carbons (Fsp3) is 1.00. The SMILES string of the molecule is OC[C@H]1O[C@](O[C@H]2O[C@H](CO)[C@@H](O)[C@H](O)[C@H]2O)(C(O)(Cl)Cl)[C@@H](O)[C@@H]1O. The first-order valence-electron chi connectivity index (χ1n) is 7.23. The minimum absolute atomic E-state index is 0.769. The molecule has 0 spiro atoms. The molecule has 0 amide bonds. The van der Waals surface area contributed by atoms with Crippen LogP contribution < -0.4 is 0 Å². The van der Waals surface area contributed by atoms with E-state index in [0.717, 1.165) is 0 Å². The second kappa shape index (κ2) is 7.64.